The number of unbranched alkanes of at least 4 members (excludes halogenated alkanes) is 11. The third-order valence-electron chi connectivity index (χ3n) is 11.1. The summed E-state index contributed by atoms with van der Waals surface area (Å²) in [5.41, 5.74) is 1.98. The number of primary sulfonamides is 1. The van der Waals surface area contributed by atoms with E-state index in [0.29, 0.717) is 27.8 Å². The molecule has 11 nitrogen and oxygen atoms in total. The molecule has 1 unspecified atom stereocenters. The summed E-state index contributed by atoms with van der Waals surface area (Å²) in [5, 5.41) is 7.62. The summed E-state index contributed by atoms with van der Waals surface area (Å²) in [7, 11) is -8.71. The highest BCUT2D eigenvalue weighted by molar-refractivity contribution is 7.92. The number of benzene rings is 3. The molecule has 1 aliphatic rings. The lowest BCUT2D eigenvalue weighted by atomic mass is 9.98. The number of carbonyl (C=O) groups is 2. The standard InChI is InChI=1S/C44H55F5N4O7S3/c1-2-3-4-5-6-7-8-9-10-11-12-13-24-43(40(55)51-26-28-63(50,58)59,62(56,57)30-32-14-21-36(22-15-32)60-44(47,48)49)41-52-37-23-20-35(29-38(37)61-41)33-16-18-34(19-17-33)39(54)53-27-25-42(45,46)31-53/h14-23,29H,2-13,24-28,30-31H2,1H3,(H,51,55)(H2,50,58,59). The fourth-order valence-corrected chi connectivity index (χ4v) is 11.7. The molecular weight excluding hydrogens is 888 g/mol. The molecule has 63 heavy (non-hydrogen) atoms. The van der Waals surface area contributed by atoms with E-state index in [4.69, 9.17) is 10.1 Å². The van der Waals surface area contributed by atoms with E-state index in [1.807, 2.05) is 0 Å². The first-order valence-corrected chi connectivity index (χ1v) is 25.4. The molecular formula is C44H55F5N4O7S3. The number of halogens is 5. The molecule has 2 heterocycles. The number of rotatable bonds is 24. The summed E-state index contributed by atoms with van der Waals surface area (Å²) >= 11 is 0.965. The number of amides is 2. The molecule has 0 saturated carbocycles. The van der Waals surface area contributed by atoms with E-state index in [0.717, 1.165) is 72.6 Å². The average Bonchev–Trinajstić information content (AvgIpc) is 3.81. The van der Waals surface area contributed by atoms with Crippen molar-refractivity contribution in [1.29, 1.82) is 0 Å². The first kappa shape index (κ1) is 49.8. The number of thiazole rings is 1. The highest BCUT2D eigenvalue weighted by Gasteiger charge is 2.54. The SMILES string of the molecule is CCCCCCCCCCCCCCC(C(=O)NCCS(N)(=O)=O)(c1nc2ccc(-c3ccc(C(=O)N4CCC(F)(F)C4)cc3)cc2s1)S(=O)(=O)Cc1ccc(OC(F)(F)F)cc1. The first-order chi connectivity index (χ1) is 29.7. The van der Waals surface area contributed by atoms with Gasteiger partial charge in [-0.1, -0.05) is 114 Å². The van der Waals surface area contributed by atoms with E-state index < -0.39 is 85.5 Å². The second kappa shape index (κ2) is 21.7. The molecule has 1 saturated heterocycles. The minimum absolute atomic E-state index is 0.0537. The zero-order valence-corrected chi connectivity index (χ0v) is 37.7. The monoisotopic (exact) mass is 942 g/mol. The molecule has 0 aliphatic carbocycles. The molecule has 4 aromatic rings. The lowest BCUT2D eigenvalue weighted by molar-refractivity contribution is -0.274. The smallest absolute Gasteiger partial charge is 0.406 e. The van der Waals surface area contributed by atoms with Crippen LogP contribution in [0.4, 0.5) is 22.0 Å². The number of fused-ring (bicyclic) bond motifs is 1. The Hall–Kier alpha value is -4.20. The number of alkyl halides is 5. The molecule has 0 radical (unpaired) electrons. The van der Waals surface area contributed by atoms with E-state index in [9.17, 15) is 48.4 Å². The highest BCUT2D eigenvalue weighted by atomic mass is 32.2. The van der Waals surface area contributed by atoms with Crippen molar-refractivity contribution < 1.29 is 53.1 Å². The lowest BCUT2D eigenvalue weighted by Crippen LogP contribution is -2.51. The van der Waals surface area contributed by atoms with Crippen molar-refractivity contribution in [2.24, 2.45) is 5.14 Å². The maximum Gasteiger partial charge on any atom is 0.573 e. The molecule has 2 amide bonds. The van der Waals surface area contributed by atoms with Crippen molar-refractivity contribution in [2.45, 2.75) is 120 Å². The second-order valence-electron chi connectivity index (χ2n) is 16.2. The van der Waals surface area contributed by atoms with Gasteiger partial charge in [0, 0.05) is 25.1 Å². The number of aromatic nitrogens is 1. The Morgan fingerprint density at radius 3 is 1.98 bits per heavy atom. The summed E-state index contributed by atoms with van der Waals surface area (Å²) < 4.78 is 122. The number of nitrogens with one attached hydrogen (secondary N) is 1. The fraction of sp³-hybridized carbons (Fsp3) is 0.523. The molecule has 0 bridgehead atoms. The zero-order chi connectivity index (χ0) is 45.9. The molecule has 5 rings (SSSR count). The quantitative estimate of drug-likeness (QED) is 0.0518. The number of hydrogen-bond acceptors (Lipinski definition) is 9. The van der Waals surface area contributed by atoms with Gasteiger partial charge in [-0.25, -0.2) is 35.7 Å². The van der Waals surface area contributed by atoms with Gasteiger partial charge in [-0.2, -0.15) is 0 Å². The van der Waals surface area contributed by atoms with Crippen LogP contribution in [-0.2, 0) is 35.2 Å². The van der Waals surface area contributed by atoms with Crippen molar-refractivity contribution >= 4 is 53.2 Å². The highest BCUT2D eigenvalue weighted by Crippen LogP contribution is 2.43. The normalized spacial score (nSPS) is 15.4. The third-order valence-corrected chi connectivity index (χ3v) is 15.6. The van der Waals surface area contributed by atoms with Crippen LogP contribution in [-0.4, -0.2) is 76.2 Å². The van der Waals surface area contributed by atoms with Crippen LogP contribution < -0.4 is 15.2 Å². The second-order valence-corrected chi connectivity index (χ2v) is 21.1. The fourth-order valence-electron chi connectivity index (χ4n) is 7.72. The van der Waals surface area contributed by atoms with Gasteiger partial charge in [0.1, 0.15) is 10.8 Å². The Morgan fingerprint density at radius 2 is 1.43 bits per heavy atom. The van der Waals surface area contributed by atoms with Crippen LogP contribution in [0.1, 0.15) is 118 Å². The van der Waals surface area contributed by atoms with Gasteiger partial charge >= 0.3 is 6.36 Å². The van der Waals surface area contributed by atoms with Crippen LogP contribution in [0, 0.1) is 0 Å². The number of nitrogens with zero attached hydrogens (tertiary/aromatic N) is 2. The molecule has 1 aliphatic heterocycles. The van der Waals surface area contributed by atoms with Crippen LogP contribution in [0.2, 0.25) is 0 Å². The zero-order valence-electron chi connectivity index (χ0n) is 35.2. The van der Waals surface area contributed by atoms with Crippen molar-refractivity contribution in [3.8, 4) is 16.9 Å². The van der Waals surface area contributed by atoms with Crippen molar-refractivity contribution in [2.75, 3.05) is 25.4 Å². The Balaban J connectivity index is 1.45. The topological polar surface area (TPSA) is 166 Å². The molecule has 3 N–H and O–H groups in total. The van der Waals surface area contributed by atoms with E-state index in [1.54, 1.807) is 30.3 Å². The van der Waals surface area contributed by atoms with E-state index in [2.05, 4.69) is 17.0 Å². The largest absolute Gasteiger partial charge is 0.573 e. The predicted molar refractivity (Wildman–Crippen MR) is 235 cm³/mol. The van der Waals surface area contributed by atoms with Gasteiger partial charge in [-0.3, -0.25) is 9.59 Å². The van der Waals surface area contributed by atoms with E-state index >= 15 is 0 Å². The van der Waals surface area contributed by atoms with Crippen LogP contribution in [0.5, 0.6) is 5.75 Å². The summed E-state index contributed by atoms with van der Waals surface area (Å²) in [6.07, 6.45) is 6.21. The van der Waals surface area contributed by atoms with Gasteiger partial charge in [0.25, 0.3) is 11.8 Å². The van der Waals surface area contributed by atoms with Crippen LogP contribution in [0.15, 0.2) is 66.7 Å². The van der Waals surface area contributed by atoms with Crippen LogP contribution in [0.25, 0.3) is 21.3 Å². The summed E-state index contributed by atoms with van der Waals surface area (Å²) in [5.74, 6) is -6.48. The molecule has 3 aromatic carbocycles. The van der Waals surface area contributed by atoms with Gasteiger partial charge in [0.05, 0.1) is 28.3 Å². The van der Waals surface area contributed by atoms with Crippen LogP contribution in [0.3, 0.4) is 0 Å². The average molecular weight is 943 g/mol. The number of likely N-dealkylation sites (tertiary alicyclic amines) is 1. The number of sulfonamides is 1. The molecule has 346 valence electrons. The number of hydrogen-bond donors (Lipinski definition) is 2. The van der Waals surface area contributed by atoms with E-state index in [1.165, 1.54) is 44.2 Å². The maximum atomic E-state index is 14.9. The van der Waals surface area contributed by atoms with Gasteiger partial charge in [-0.05, 0) is 59.5 Å². The number of carbonyl (C=O) groups excluding carboxylic acids is 2. The molecule has 1 atom stereocenters. The molecule has 1 aromatic heterocycles. The predicted octanol–water partition coefficient (Wildman–Crippen LogP) is 9.65. The van der Waals surface area contributed by atoms with Crippen LogP contribution >= 0.6 is 11.3 Å². The number of sulfone groups is 1. The van der Waals surface area contributed by atoms with Crippen molar-refractivity contribution in [3.63, 3.8) is 0 Å². The first-order valence-electron chi connectivity index (χ1n) is 21.3. The molecule has 0 spiro atoms. The van der Waals surface area contributed by atoms with Gasteiger partial charge < -0.3 is 15.0 Å². The number of ether oxygens (including phenoxy) is 1. The van der Waals surface area contributed by atoms with Gasteiger partial charge in [-0.15, -0.1) is 24.5 Å². The maximum absolute atomic E-state index is 14.9. The molecule has 1 fully saturated rings. The summed E-state index contributed by atoms with van der Waals surface area (Å²) in [4.78, 5) is 33.3. The van der Waals surface area contributed by atoms with Gasteiger partial charge in [0.2, 0.25) is 20.7 Å². The Morgan fingerprint density at radius 1 is 0.841 bits per heavy atom. The molecule has 19 heteroatoms. The third kappa shape index (κ3) is 14.1. The minimum atomic E-state index is -4.97. The summed E-state index contributed by atoms with van der Waals surface area (Å²) in [6, 6.07) is 15.8. The summed E-state index contributed by atoms with van der Waals surface area (Å²) in [6.45, 7) is 0.977. The minimum Gasteiger partial charge on any atom is -0.406 e. The lowest BCUT2D eigenvalue weighted by Gasteiger charge is -2.30. The Labute approximate surface area is 370 Å². The van der Waals surface area contributed by atoms with E-state index in [-0.39, 0.29) is 35.5 Å². The van der Waals surface area contributed by atoms with Crippen molar-refractivity contribution in [1.82, 2.24) is 15.2 Å². The van der Waals surface area contributed by atoms with Crippen molar-refractivity contribution in [3.05, 3.63) is 82.9 Å². The Kier molecular flexibility index (Phi) is 17.1. The number of nitrogens with two attached hydrogens (primary N) is 1. The van der Waals surface area contributed by atoms with Gasteiger partial charge in [0.15, 0.2) is 9.84 Å². The Bertz CT molecular complexity index is 2380.